The summed E-state index contributed by atoms with van der Waals surface area (Å²) in [7, 11) is -2.05. The third-order valence-electron chi connectivity index (χ3n) is 4.17. The second kappa shape index (κ2) is 6.93. The van der Waals surface area contributed by atoms with Gasteiger partial charge in [-0.05, 0) is 25.0 Å². The smallest absolute Gasteiger partial charge is 0.262 e. The number of nitrogens with zero attached hydrogens (tertiary/aromatic N) is 3. The number of piperidine rings is 1. The number of halogens is 1. The van der Waals surface area contributed by atoms with E-state index in [-0.39, 0.29) is 23.2 Å². The van der Waals surface area contributed by atoms with Gasteiger partial charge in [-0.25, -0.2) is 17.8 Å². The predicted octanol–water partition coefficient (Wildman–Crippen LogP) is 1.60. The van der Waals surface area contributed by atoms with E-state index in [4.69, 9.17) is 0 Å². The number of carbonyl (C=O) groups excluding carboxylic acids is 1. The van der Waals surface area contributed by atoms with Gasteiger partial charge in [0, 0.05) is 26.3 Å². The molecule has 0 unspecified atom stereocenters. The van der Waals surface area contributed by atoms with E-state index in [1.54, 1.807) is 17.7 Å². The zero-order valence-corrected chi connectivity index (χ0v) is 14.5. The van der Waals surface area contributed by atoms with Crippen LogP contribution in [-0.2, 0) is 21.9 Å². The maximum absolute atomic E-state index is 13.7. The molecule has 0 radical (unpaired) electrons. The first-order chi connectivity index (χ1) is 11.9. The van der Waals surface area contributed by atoms with E-state index in [0.29, 0.717) is 19.4 Å². The summed E-state index contributed by atoms with van der Waals surface area (Å²) in [6.45, 7) is 0.390. The number of rotatable bonds is 4. The van der Waals surface area contributed by atoms with Crippen molar-refractivity contribution in [2.75, 3.05) is 18.4 Å². The van der Waals surface area contributed by atoms with Crippen LogP contribution >= 0.6 is 0 Å². The molecule has 2 heterocycles. The van der Waals surface area contributed by atoms with Gasteiger partial charge in [0.25, 0.3) is 10.0 Å². The fourth-order valence-corrected chi connectivity index (χ4v) is 4.32. The summed E-state index contributed by atoms with van der Waals surface area (Å²) in [5.41, 5.74) is 0.0946. The summed E-state index contributed by atoms with van der Waals surface area (Å²) in [5.74, 6) is -1.44. The first-order valence-corrected chi connectivity index (χ1v) is 9.35. The van der Waals surface area contributed by atoms with Crippen LogP contribution in [-0.4, -0.2) is 41.3 Å². The maximum Gasteiger partial charge on any atom is 0.262 e. The number of aromatic nitrogens is 2. The Hall–Kier alpha value is -2.26. The zero-order valence-electron chi connectivity index (χ0n) is 13.7. The van der Waals surface area contributed by atoms with Gasteiger partial charge in [-0.15, -0.1) is 0 Å². The lowest BCUT2D eigenvalue weighted by molar-refractivity contribution is -0.120. The lowest BCUT2D eigenvalue weighted by Crippen LogP contribution is -2.43. The number of sulfonamides is 1. The highest BCUT2D eigenvalue weighted by atomic mass is 32.2. The molecule has 1 saturated heterocycles. The maximum atomic E-state index is 13.7. The highest BCUT2D eigenvalue weighted by Gasteiger charge is 2.34. The molecule has 1 fully saturated rings. The third-order valence-corrected chi connectivity index (χ3v) is 5.92. The molecule has 1 atom stereocenters. The van der Waals surface area contributed by atoms with Crippen LogP contribution in [0.15, 0.2) is 41.8 Å². The summed E-state index contributed by atoms with van der Waals surface area (Å²) in [6, 6.07) is 5.89. The minimum atomic E-state index is -3.74. The molecule has 0 bridgehead atoms. The highest BCUT2D eigenvalue weighted by Crippen LogP contribution is 2.24. The average Bonchev–Trinajstić information content (AvgIpc) is 3.04. The van der Waals surface area contributed by atoms with Gasteiger partial charge >= 0.3 is 0 Å². The summed E-state index contributed by atoms with van der Waals surface area (Å²) in [4.78, 5) is 16.3. The van der Waals surface area contributed by atoms with Gasteiger partial charge in [-0.2, -0.15) is 4.31 Å². The van der Waals surface area contributed by atoms with Crippen molar-refractivity contribution in [3.05, 3.63) is 42.6 Å². The molecule has 25 heavy (non-hydrogen) atoms. The van der Waals surface area contributed by atoms with Crippen LogP contribution in [0.1, 0.15) is 12.8 Å². The van der Waals surface area contributed by atoms with Crippen LogP contribution in [0.4, 0.5) is 10.1 Å². The molecule has 0 aliphatic carbocycles. The molecule has 0 spiro atoms. The number of amides is 1. The molecule has 134 valence electrons. The van der Waals surface area contributed by atoms with Crippen molar-refractivity contribution >= 4 is 21.6 Å². The molecule has 1 aliphatic heterocycles. The number of carbonyl (C=O) groups is 1. The Balaban J connectivity index is 1.73. The fourth-order valence-electron chi connectivity index (χ4n) is 2.83. The van der Waals surface area contributed by atoms with Gasteiger partial charge in [0.15, 0.2) is 5.03 Å². The standard InChI is InChI=1S/C16H19FN4O3S/c1-20-10-15(18-11-20)25(23,24)21-8-4-5-12(9-21)16(22)19-14-7-3-2-6-13(14)17/h2-3,6-7,10-12H,4-5,8-9H2,1H3,(H,19,22)/t12-/m1/s1. The monoisotopic (exact) mass is 366 g/mol. The number of anilines is 1. The Morgan fingerprint density at radius 2 is 2.12 bits per heavy atom. The molecule has 3 rings (SSSR count). The number of para-hydroxylation sites is 1. The number of benzene rings is 1. The van der Waals surface area contributed by atoms with Crippen LogP contribution < -0.4 is 5.32 Å². The third kappa shape index (κ3) is 3.72. The van der Waals surface area contributed by atoms with Gasteiger partial charge in [0.2, 0.25) is 5.91 Å². The second-order valence-corrected chi connectivity index (χ2v) is 7.93. The number of nitrogens with one attached hydrogen (secondary N) is 1. The summed E-state index contributed by atoms with van der Waals surface area (Å²) in [5, 5.41) is 2.50. The van der Waals surface area contributed by atoms with Crippen LogP contribution in [0.2, 0.25) is 0 Å². The molecular formula is C16H19FN4O3S. The van der Waals surface area contributed by atoms with Crippen molar-refractivity contribution in [2.24, 2.45) is 13.0 Å². The molecule has 1 aromatic heterocycles. The number of aryl methyl sites for hydroxylation is 1. The summed E-state index contributed by atoms with van der Waals surface area (Å²) in [6.07, 6.45) is 3.95. The number of hydrogen-bond acceptors (Lipinski definition) is 4. The Bertz CT molecular complexity index is 881. The Morgan fingerprint density at radius 3 is 2.80 bits per heavy atom. The molecule has 1 N–H and O–H groups in total. The van der Waals surface area contributed by atoms with Crippen molar-refractivity contribution in [3.8, 4) is 0 Å². The summed E-state index contributed by atoms with van der Waals surface area (Å²) >= 11 is 0. The van der Waals surface area contributed by atoms with E-state index < -0.39 is 21.8 Å². The van der Waals surface area contributed by atoms with Gasteiger partial charge in [0.05, 0.1) is 17.9 Å². The van der Waals surface area contributed by atoms with E-state index in [2.05, 4.69) is 10.3 Å². The average molecular weight is 366 g/mol. The summed E-state index contributed by atoms with van der Waals surface area (Å²) < 4.78 is 41.8. The molecule has 0 saturated carbocycles. The molecule has 1 aromatic carbocycles. The molecule has 1 aliphatic rings. The minimum absolute atomic E-state index is 0.0369. The number of imidazole rings is 1. The minimum Gasteiger partial charge on any atom is -0.339 e. The molecule has 1 amide bonds. The van der Waals surface area contributed by atoms with E-state index in [9.17, 15) is 17.6 Å². The van der Waals surface area contributed by atoms with Crippen molar-refractivity contribution in [3.63, 3.8) is 0 Å². The lowest BCUT2D eigenvalue weighted by atomic mass is 9.98. The topological polar surface area (TPSA) is 84.3 Å². The zero-order chi connectivity index (χ0) is 18.0. The Labute approximate surface area is 145 Å². The Morgan fingerprint density at radius 1 is 1.36 bits per heavy atom. The molecular weight excluding hydrogens is 347 g/mol. The van der Waals surface area contributed by atoms with Gasteiger partial charge < -0.3 is 9.88 Å². The largest absolute Gasteiger partial charge is 0.339 e. The second-order valence-electron chi connectivity index (χ2n) is 6.05. The molecule has 9 heteroatoms. The first-order valence-electron chi connectivity index (χ1n) is 7.91. The molecule has 2 aromatic rings. The van der Waals surface area contributed by atoms with Gasteiger partial charge in [-0.3, -0.25) is 4.79 Å². The quantitative estimate of drug-likeness (QED) is 0.891. The highest BCUT2D eigenvalue weighted by molar-refractivity contribution is 7.89. The van der Waals surface area contributed by atoms with Crippen molar-refractivity contribution < 1.29 is 17.6 Å². The van der Waals surface area contributed by atoms with E-state index in [1.165, 1.54) is 35.0 Å². The van der Waals surface area contributed by atoms with E-state index in [1.807, 2.05) is 0 Å². The predicted molar refractivity (Wildman–Crippen MR) is 89.7 cm³/mol. The van der Waals surface area contributed by atoms with E-state index in [0.717, 1.165) is 0 Å². The van der Waals surface area contributed by atoms with Gasteiger partial charge in [-0.1, -0.05) is 12.1 Å². The van der Waals surface area contributed by atoms with E-state index >= 15 is 0 Å². The van der Waals surface area contributed by atoms with Crippen LogP contribution in [0, 0.1) is 11.7 Å². The Kier molecular flexibility index (Phi) is 4.87. The van der Waals surface area contributed by atoms with Crippen LogP contribution in [0.3, 0.4) is 0 Å². The normalized spacial score (nSPS) is 18.9. The fraction of sp³-hybridized carbons (Fsp3) is 0.375. The number of hydrogen-bond donors (Lipinski definition) is 1. The van der Waals surface area contributed by atoms with Crippen molar-refractivity contribution in [2.45, 2.75) is 17.9 Å². The SMILES string of the molecule is Cn1cnc(S(=O)(=O)N2CCC[C@@H](C(=O)Nc3ccccc3F)C2)c1. The van der Waals surface area contributed by atoms with Crippen LogP contribution in [0.25, 0.3) is 0 Å². The van der Waals surface area contributed by atoms with Crippen molar-refractivity contribution in [1.29, 1.82) is 0 Å². The lowest BCUT2D eigenvalue weighted by Gasteiger charge is -2.30. The van der Waals surface area contributed by atoms with Crippen LogP contribution in [0.5, 0.6) is 0 Å². The van der Waals surface area contributed by atoms with Gasteiger partial charge in [0.1, 0.15) is 5.82 Å². The van der Waals surface area contributed by atoms with Crippen molar-refractivity contribution in [1.82, 2.24) is 13.9 Å². The molecule has 7 nitrogen and oxygen atoms in total. The first kappa shape index (κ1) is 17.6.